The van der Waals surface area contributed by atoms with Crippen LogP contribution in [-0.4, -0.2) is 30.1 Å². The van der Waals surface area contributed by atoms with Crippen LogP contribution in [0.1, 0.15) is 17.3 Å². The molecule has 0 bridgehead atoms. The maximum absolute atomic E-state index is 11.8. The Labute approximate surface area is 93.0 Å². The summed E-state index contributed by atoms with van der Waals surface area (Å²) in [6.07, 6.45) is -1.22. The van der Waals surface area contributed by atoms with Crippen LogP contribution in [0, 0.1) is 0 Å². The quantitative estimate of drug-likeness (QED) is 0.759. The fourth-order valence-electron chi connectivity index (χ4n) is 1.28. The Kier molecular flexibility index (Phi) is 3.88. The zero-order valence-corrected chi connectivity index (χ0v) is 9.06. The smallest absolute Gasteiger partial charge is 0.405 e. The van der Waals surface area contributed by atoms with Gasteiger partial charge in [0.1, 0.15) is 5.75 Å². The van der Waals surface area contributed by atoms with Crippen LogP contribution in [0.2, 0.25) is 0 Å². The standard InChI is InChI=1S/C11H13NO4/c1-7(12-11(14)15)10(13)8-4-3-5-9(6-8)16-2/h3-7,12H,1-2H3,(H,14,15)/t7-/m0/s1. The van der Waals surface area contributed by atoms with Gasteiger partial charge in [-0.05, 0) is 19.1 Å². The van der Waals surface area contributed by atoms with E-state index in [1.807, 2.05) is 0 Å². The summed E-state index contributed by atoms with van der Waals surface area (Å²) in [4.78, 5) is 22.1. The van der Waals surface area contributed by atoms with Crippen LogP contribution < -0.4 is 10.1 Å². The number of ether oxygens (including phenoxy) is 1. The van der Waals surface area contributed by atoms with Gasteiger partial charge in [0.2, 0.25) is 0 Å². The molecule has 0 heterocycles. The van der Waals surface area contributed by atoms with Crippen molar-refractivity contribution in [3.05, 3.63) is 29.8 Å². The fourth-order valence-corrected chi connectivity index (χ4v) is 1.28. The van der Waals surface area contributed by atoms with Crippen LogP contribution in [0.4, 0.5) is 4.79 Å². The molecule has 1 aromatic rings. The van der Waals surface area contributed by atoms with Crippen molar-refractivity contribution < 1.29 is 19.4 Å². The first-order valence-electron chi connectivity index (χ1n) is 4.72. The molecule has 0 aromatic heterocycles. The molecule has 0 saturated carbocycles. The van der Waals surface area contributed by atoms with Crippen molar-refractivity contribution in [3.8, 4) is 5.75 Å². The van der Waals surface area contributed by atoms with E-state index >= 15 is 0 Å². The number of carbonyl (C=O) groups is 2. The van der Waals surface area contributed by atoms with Gasteiger partial charge < -0.3 is 15.2 Å². The molecule has 1 amide bonds. The maximum Gasteiger partial charge on any atom is 0.405 e. The number of Topliss-reactive ketones (excluding diaryl/α,β-unsaturated/α-hetero) is 1. The summed E-state index contributed by atoms with van der Waals surface area (Å²) >= 11 is 0. The Morgan fingerprint density at radius 3 is 2.69 bits per heavy atom. The first-order chi connectivity index (χ1) is 7.54. The van der Waals surface area contributed by atoms with Gasteiger partial charge in [0.15, 0.2) is 5.78 Å². The molecule has 0 radical (unpaired) electrons. The van der Waals surface area contributed by atoms with Gasteiger partial charge in [-0.3, -0.25) is 4.79 Å². The van der Waals surface area contributed by atoms with E-state index < -0.39 is 12.1 Å². The molecule has 5 nitrogen and oxygen atoms in total. The van der Waals surface area contributed by atoms with Crippen molar-refractivity contribution in [3.63, 3.8) is 0 Å². The van der Waals surface area contributed by atoms with Crippen molar-refractivity contribution >= 4 is 11.9 Å². The number of carbonyl (C=O) groups excluding carboxylic acids is 1. The van der Waals surface area contributed by atoms with Crippen molar-refractivity contribution in [1.29, 1.82) is 0 Å². The second-order valence-corrected chi connectivity index (χ2v) is 3.27. The molecule has 1 rings (SSSR count). The normalized spacial score (nSPS) is 11.6. The number of amides is 1. The number of benzene rings is 1. The molecular formula is C11H13NO4. The minimum Gasteiger partial charge on any atom is -0.497 e. The van der Waals surface area contributed by atoms with Gasteiger partial charge in [-0.15, -0.1) is 0 Å². The lowest BCUT2D eigenvalue weighted by Gasteiger charge is -2.10. The number of ketones is 1. The molecule has 2 N–H and O–H groups in total. The average Bonchev–Trinajstić information content (AvgIpc) is 2.27. The predicted molar refractivity (Wildman–Crippen MR) is 57.9 cm³/mol. The second-order valence-electron chi connectivity index (χ2n) is 3.27. The third-order valence-corrected chi connectivity index (χ3v) is 2.09. The molecular weight excluding hydrogens is 210 g/mol. The van der Waals surface area contributed by atoms with E-state index in [0.29, 0.717) is 11.3 Å². The van der Waals surface area contributed by atoms with E-state index in [1.54, 1.807) is 24.3 Å². The Bertz CT molecular complexity index is 403. The van der Waals surface area contributed by atoms with E-state index in [4.69, 9.17) is 9.84 Å². The molecule has 0 unspecified atom stereocenters. The third-order valence-electron chi connectivity index (χ3n) is 2.09. The maximum atomic E-state index is 11.8. The number of hydrogen-bond acceptors (Lipinski definition) is 3. The van der Waals surface area contributed by atoms with Gasteiger partial charge in [0.25, 0.3) is 0 Å². The van der Waals surface area contributed by atoms with Crippen LogP contribution in [0.25, 0.3) is 0 Å². The Balaban J connectivity index is 2.83. The van der Waals surface area contributed by atoms with Gasteiger partial charge in [-0.2, -0.15) is 0 Å². The Hall–Kier alpha value is -2.04. The average molecular weight is 223 g/mol. The summed E-state index contributed by atoms with van der Waals surface area (Å²) in [5.74, 6) is 0.273. The largest absolute Gasteiger partial charge is 0.497 e. The minimum absolute atomic E-state index is 0.290. The van der Waals surface area contributed by atoms with Gasteiger partial charge in [0.05, 0.1) is 13.2 Å². The monoisotopic (exact) mass is 223 g/mol. The van der Waals surface area contributed by atoms with Gasteiger partial charge in [-0.1, -0.05) is 12.1 Å². The highest BCUT2D eigenvalue weighted by Crippen LogP contribution is 2.14. The highest BCUT2D eigenvalue weighted by atomic mass is 16.5. The van der Waals surface area contributed by atoms with E-state index in [0.717, 1.165) is 0 Å². The third kappa shape index (κ3) is 2.98. The number of hydrogen-bond donors (Lipinski definition) is 2. The lowest BCUT2D eigenvalue weighted by molar-refractivity contribution is 0.0945. The molecule has 0 saturated heterocycles. The second kappa shape index (κ2) is 5.16. The Morgan fingerprint density at radius 1 is 1.44 bits per heavy atom. The van der Waals surface area contributed by atoms with Gasteiger partial charge >= 0.3 is 6.09 Å². The predicted octanol–water partition coefficient (Wildman–Crippen LogP) is 1.53. The van der Waals surface area contributed by atoms with Crippen LogP contribution in [0.15, 0.2) is 24.3 Å². The van der Waals surface area contributed by atoms with Crippen LogP contribution in [-0.2, 0) is 0 Å². The molecule has 0 aliphatic carbocycles. The molecule has 0 aliphatic heterocycles. The summed E-state index contributed by atoms with van der Waals surface area (Å²) < 4.78 is 4.98. The molecule has 1 atom stereocenters. The van der Waals surface area contributed by atoms with Crippen molar-refractivity contribution in [1.82, 2.24) is 5.32 Å². The van der Waals surface area contributed by atoms with E-state index in [2.05, 4.69) is 5.32 Å². The zero-order valence-electron chi connectivity index (χ0n) is 9.06. The van der Waals surface area contributed by atoms with Crippen LogP contribution in [0.3, 0.4) is 0 Å². The highest BCUT2D eigenvalue weighted by Gasteiger charge is 2.17. The van der Waals surface area contributed by atoms with E-state index in [9.17, 15) is 9.59 Å². The van der Waals surface area contributed by atoms with Gasteiger partial charge in [0, 0.05) is 5.56 Å². The number of nitrogens with one attached hydrogen (secondary N) is 1. The first-order valence-corrected chi connectivity index (χ1v) is 4.72. The minimum atomic E-state index is -1.22. The molecule has 0 spiro atoms. The topological polar surface area (TPSA) is 75.6 Å². The molecule has 16 heavy (non-hydrogen) atoms. The van der Waals surface area contributed by atoms with Gasteiger partial charge in [-0.25, -0.2) is 4.79 Å². The summed E-state index contributed by atoms with van der Waals surface area (Å²) in [7, 11) is 1.50. The lowest BCUT2D eigenvalue weighted by Crippen LogP contribution is -2.37. The molecule has 5 heteroatoms. The van der Waals surface area contributed by atoms with Crippen molar-refractivity contribution in [2.24, 2.45) is 0 Å². The molecule has 0 fully saturated rings. The van der Waals surface area contributed by atoms with Crippen molar-refractivity contribution in [2.75, 3.05) is 7.11 Å². The van der Waals surface area contributed by atoms with E-state index in [-0.39, 0.29) is 5.78 Å². The summed E-state index contributed by atoms with van der Waals surface area (Å²) in [5.41, 5.74) is 0.417. The number of rotatable bonds is 4. The van der Waals surface area contributed by atoms with E-state index in [1.165, 1.54) is 14.0 Å². The Morgan fingerprint density at radius 2 is 2.12 bits per heavy atom. The zero-order chi connectivity index (χ0) is 12.1. The SMILES string of the molecule is COc1cccc(C(=O)[C@H](C)NC(=O)O)c1. The number of methoxy groups -OCH3 is 1. The fraction of sp³-hybridized carbons (Fsp3) is 0.273. The number of carboxylic acid groups (broad SMARTS) is 1. The summed E-state index contributed by atoms with van der Waals surface area (Å²) in [5, 5.41) is 10.6. The first kappa shape index (κ1) is 12.0. The molecule has 86 valence electrons. The lowest BCUT2D eigenvalue weighted by atomic mass is 10.1. The van der Waals surface area contributed by atoms with Crippen LogP contribution in [0.5, 0.6) is 5.75 Å². The van der Waals surface area contributed by atoms with Crippen LogP contribution >= 0.6 is 0 Å². The highest BCUT2D eigenvalue weighted by molar-refractivity contribution is 6.01. The molecule has 1 aromatic carbocycles. The molecule has 0 aliphatic rings. The van der Waals surface area contributed by atoms with Crippen molar-refractivity contribution in [2.45, 2.75) is 13.0 Å². The summed E-state index contributed by atoms with van der Waals surface area (Å²) in [6, 6.07) is 5.81. The summed E-state index contributed by atoms with van der Waals surface area (Å²) in [6.45, 7) is 1.50.